The van der Waals surface area contributed by atoms with Crippen LogP contribution in [-0.2, 0) is 6.42 Å². The fourth-order valence-corrected chi connectivity index (χ4v) is 2.90. The Kier molecular flexibility index (Phi) is 6.04. The highest BCUT2D eigenvalue weighted by Crippen LogP contribution is 2.22. The molecule has 146 valence electrons. The number of carbonyl (C=O) groups is 3. The van der Waals surface area contributed by atoms with E-state index in [9.17, 15) is 19.5 Å². The Morgan fingerprint density at radius 2 is 1.41 bits per heavy atom. The van der Waals surface area contributed by atoms with E-state index in [4.69, 9.17) is 0 Å². The van der Waals surface area contributed by atoms with Gasteiger partial charge in [-0.3, -0.25) is 9.59 Å². The Morgan fingerprint density at radius 1 is 0.759 bits per heavy atom. The van der Waals surface area contributed by atoms with E-state index in [0.29, 0.717) is 23.4 Å². The van der Waals surface area contributed by atoms with Crippen LogP contribution in [0.15, 0.2) is 72.8 Å². The number of benzene rings is 3. The van der Waals surface area contributed by atoms with Crippen LogP contribution in [0.4, 0.5) is 11.4 Å². The maximum absolute atomic E-state index is 12.9. The molecule has 0 aliphatic heterocycles. The largest absolute Gasteiger partial charge is 0.478 e. The van der Waals surface area contributed by atoms with Gasteiger partial charge < -0.3 is 15.7 Å². The maximum Gasteiger partial charge on any atom is 0.335 e. The van der Waals surface area contributed by atoms with E-state index in [0.717, 1.165) is 5.56 Å². The molecule has 3 aromatic rings. The normalized spacial score (nSPS) is 10.2. The summed E-state index contributed by atoms with van der Waals surface area (Å²) < 4.78 is 0. The molecule has 0 heterocycles. The van der Waals surface area contributed by atoms with Gasteiger partial charge in [0.2, 0.25) is 0 Å². The minimum atomic E-state index is -1.07. The van der Waals surface area contributed by atoms with Crippen molar-refractivity contribution in [3.63, 3.8) is 0 Å². The number of para-hydroxylation sites is 1. The van der Waals surface area contributed by atoms with Crippen LogP contribution >= 0.6 is 0 Å². The third kappa shape index (κ3) is 4.68. The second-order valence-corrected chi connectivity index (χ2v) is 6.35. The van der Waals surface area contributed by atoms with Gasteiger partial charge in [0.1, 0.15) is 0 Å². The average Bonchev–Trinajstić information content (AvgIpc) is 2.74. The molecule has 6 nitrogen and oxygen atoms in total. The van der Waals surface area contributed by atoms with Gasteiger partial charge in [-0.05, 0) is 48.4 Å². The van der Waals surface area contributed by atoms with Gasteiger partial charge in [0, 0.05) is 11.3 Å². The van der Waals surface area contributed by atoms with E-state index in [1.165, 1.54) is 12.1 Å². The first-order valence-corrected chi connectivity index (χ1v) is 9.12. The summed E-state index contributed by atoms with van der Waals surface area (Å²) in [5.41, 5.74) is 2.45. The number of carbonyl (C=O) groups excluding carboxylic acids is 2. The Labute approximate surface area is 168 Å². The van der Waals surface area contributed by atoms with E-state index in [1.54, 1.807) is 54.6 Å². The van der Waals surface area contributed by atoms with Gasteiger partial charge in [-0.25, -0.2) is 4.79 Å². The lowest BCUT2D eigenvalue weighted by atomic mass is 10.1. The highest BCUT2D eigenvalue weighted by molar-refractivity contribution is 6.12. The lowest BCUT2D eigenvalue weighted by Gasteiger charge is -2.14. The predicted octanol–water partition coefficient (Wildman–Crippen LogP) is 4.45. The van der Waals surface area contributed by atoms with Crippen LogP contribution in [0, 0.1) is 0 Å². The first-order valence-electron chi connectivity index (χ1n) is 9.12. The third-order valence-corrected chi connectivity index (χ3v) is 4.44. The summed E-state index contributed by atoms with van der Waals surface area (Å²) in [5.74, 6) is -1.84. The molecule has 0 aliphatic carbocycles. The van der Waals surface area contributed by atoms with E-state index < -0.39 is 11.9 Å². The number of aromatic carboxylic acids is 1. The van der Waals surface area contributed by atoms with Crippen molar-refractivity contribution in [1.29, 1.82) is 0 Å². The highest BCUT2D eigenvalue weighted by atomic mass is 16.4. The molecule has 0 bridgehead atoms. The summed E-state index contributed by atoms with van der Waals surface area (Å²) in [5, 5.41) is 14.7. The molecule has 29 heavy (non-hydrogen) atoms. The first kappa shape index (κ1) is 19.8. The van der Waals surface area contributed by atoms with Crippen molar-refractivity contribution in [2.45, 2.75) is 13.3 Å². The average molecular weight is 388 g/mol. The molecule has 0 atom stereocenters. The van der Waals surface area contributed by atoms with E-state index in [-0.39, 0.29) is 17.0 Å². The number of carboxylic acids is 1. The van der Waals surface area contributed by atoms with Gasteiger partial charge in [-0.2, -0.15) is 0 Å². The van der Waals surface area contributed by atoms with Crippen molar-refractivity contribution in [2.75, 3.05) is 10.6 Å². The fourth-order valence-electron chi connectivity index (χ4n) is 2.90. The lowest BCUT2D eigenvalue weighted by molar-refractivity contribution is 0.0696. The molecule has 6 heteroatoms. The molecule has 3 N–H and O–H groups in total. The van der Waals surface area contributed by atoms with Crippen LogP contribution in [0.2, 0.25) is 0 Å². The number of hydrogen-bond donors (Lipinski definition) is 3. The summed E-state index contributed by atoms with van der Waals surface area (Å²) >= 11 is 0. The van der Waals surface area contributed by atoms with Crippen LogP contribution in [0.3, 0.4) is 0 Å². The highest BCUT2D eigenvalue weighted by Gasteiger charge is 2.16. The molecule has 0 aromatic heterocycles. The standard InChI is InChI=1S/C23H20N2O4/c1-2-15-12-13-17(23(28)29)14-20(15)25-22(27)18-10-6-7-11-19(18)24-21(26)16-8-4-3-5-9-16/h3-14H,2H2,1H3,(H,24,26)(H,25,27)(H,28,29). The Balaban J connectivity index is 1.87. The summed E-state index contributed by atoms with van der Waals surface area (Å²) in [6.45, 7) is 1.92. The molecular formula is C23H20N2O4. The molecule has 0 radical (unpaired) electrons. The smallest absolute Gasteiger partial charge is 0.335 e. The molecular weight excluding hydrogens is 368 g/mol. The molecule has 0 saturated carbocycles. The second-order valence-electron chi connectivity index (χ2n) is 6.35. The zero-order chi connectivity index (χ0) is 20.8. The van der Waals surface area contributed by atoms with Gasteiger partial charge in [0.15, 0.2) is 0 Å². The molecule has 0 unspecified atom stereocenters. The number of aryl methyl sites for hydroxylation is 1. The molecule has 0 aliphatic rings. The van der Waals surface area contributed by atoms with E-state index >= 15 is 0 Å². The molecule has 3 aromatic carbocycles. The molecule has 2 amide bonds. The van der Waals surface area contributed by atoms with Crippen LogP contribution in [-0.4, -0.2) is 22.9 Å². The van der Waals surface area contributed by atoms with Gasteiger partial charge in [-0.15, -0.1) is 0 Å². The molecule has 3 rings (SSSR count). The fraction of sp³-hybridized carbons (Fsp3) is 0.0870. The van der Waals surface area contributed by atoms with Crippen LogP contribution in [0.25, 0.3) is 0 Å². The monoisotopic (exact) mass is 388 g/mol. The summed E-state index contributed by atoms with van der Waals surface area (Å²) in [4.78, 5) is 36.6. The molecule has 0 spiro atoms. The Hall–Kier alpha value is -3.93. The van der Waals surface area contributed by atoms with E-state index in [1.807, 2.05) is 13.0 Å². The van der Waals surface area contributed by atoms with Gasteiger partial charge in [0.25, 0.3) is 11.8 Å². The van der Waals surface area contributed by atoms with Crippen molar-refractivity contribution in [3.05, 3.63) is 95.1 Å². The Morgan fingerprint density at radius 3 is 2.10 bits per heavy atom. The first-order chi connectivity index (χ1) is 14.0. The van der Waals surface area contributed by atoms with Crippen molar-refractivity contribution < 1.29 is 19.5 Å². The number of carboxylic acid groups (broad SMARTS) is 1. The maximum atomic E-state index is 12.9. The second kappa shape index (κ2) is 8.84. The number of amides is 2. The topological polar surface area (TPSA) is 95.5 Å². The van der Waals surface area contributed by atoms with Gasteiger partial charge in [-0.1, -0.05) is 43.3 Å². The van der Waals surface area contributed by atoms with Crippen molar-refractivity contribution >= 4 is 29.2 Å². The number of anilines is 2. The zero-order valence-corrected chi connectivity index (χ0v) is 15.8. The van der Waals surface area contributed by atoms with Gasteiger partial charge >= 0.3 is 5.97 Å². The van der Waals surface area contributed by atoms with Crippen molar-refractivity contribution in [3.8, 4) is 0 Å². The third-order valence-electron chi connectivity index (χ3n) is 4.44. The number of nitrogens with one attached hydrogen (secondary N) is 2. The van der Waals surface area contributed by atoms with Crippen molar-refractivity contribution in [2.24, 2.45) is 0 Å². The minimum Gasteiger partial charge on any atom is -0.478 e. The zero-order valence-electron chi connectivity index (χ0n) is 15.8. The van der Waals surface area contributed by atoms with E-state index in [2.05, 4.69) is 10.6 Å². The Bertz CT molecular complexity index is 1060. The van der Waals surface area contributed by atoms with Gasteiger partial charge in [0.05, 0.1) is 16.8 Å². The lowest BCUT2D eigenvalue weighted by Crippen LogP contribution is -2.19. The number of rotatable bonds is 6. The summed E-state index contributed by atoms with van der Waals surface area (Å²) in [6, 6.07) is 20.0. The van der Waals surface area contributed by atoms with Crippen LogP contribution < -0.4 is 10.6 Å². The quantitative estimate of drug-likeness (QED) is 0.581. The van der Waals surface area contributed by atoms with Crippen LogP contribution in [0.5, 0.6) is 0 Å². The summed E-state index contributed by atoms with van der Waals surface area (Å²) in [6.07, 6.45) is 0.627. The molecule has 0 saturated heterocycles. The molecule has 0 fully saturated rings. The number of hydrogen-bond acceptors (Lipinski definition) is 3. The predicted molar refractivity (Wildman–Crippen MR) is 112 cm³/mol. The van der Waals surface area contributed by atoms with Crippen LogP contribution in [0.1, 0.15) is 43.6 Å². The van der Waals surface area contributed by atoms with Crippen molar-refractivity contribution in [1.82, 2.24) is 0 Å². The minimum absolute atomic E-state index is 0.0863. The SMILES string of the molecule is CCc1ccc(C(=O)O)cc1NC(=O)c1ccccc1NC(=O)c1ccccc1. The summed E-state index contributed by atoms with van der Waals surface area (Å²) in [7, 11) is 0.